The maximum Gasteiger partial charge on any atom is 0.179 e. The van der Waals surface area contributed by atoms with Gasteiger partial charge in [0.2, 0.25) is 0 Å². The number of hydrogen-bond acceptors (Lipinski definition) is 5. The Morgan fingerprint density at radius 2 is 2.21 bits per heavy atom. The number of ether oxygens (including phenoxy) is 1. The largest absolute Gasteiger partial charge is 0.456 e. The predicted molar refractivity (Wildman–Crippen MR) is 91.6 cm³/mol. The monoisotopic (exact) mass is 340 g/mol. The second kappa shape index (κ2) is 5.83. The van der Waals surface area contributed by atoms with Gasteiger partial charge >= 0.3 is 0 Å². The molecule has 122 valence electrons. The summed E-state index contributed by atoms with van der Waals surface area (Å²) >= 11 is 5.20. The number of rotatable bonds is 5. The molecule has 24 heavy (non-hydrogen) atoms. The summed E-state index contributed by atoms with van der Waals surface area (Å²) in [6.07, 6.45) is 5.70. The van der Waals surface area contributed by atoms with E-state index in [4.69, 9.17) is 17.0 Å². The van der Waals surface area contributed by atoms with Crippen molar-refractivity contribution in [2.45, 2.75) is 19.3 Å². The SMILES string of the molecule is Cn1c(=S)[nH]c2ncc(Oc3ccnc(CC(=O)C4CC4)c3)cc21. The van der Waals surface area contributed by atoms with E-state index in [1.54, 1.807) is 24.5 Å². The highest BCUT2D eigenvalue weighted by Gasteiger charge is 2.29. The maximum absolute atomic E-state index is 11.9. The molecule has 3 aromatic rings. The minimum atomic E-state index is 0.240. The van der Waals surface area contributed by atoms with Gasteiger partial charge in [0, 0.05) is 37.7 Å². The van der Waals surface area contributed by atoms with Crippen LogP contribution in [0.3, 0.4) is 0 Å². The second-order valence-corrected chi connectivity index (χ2v) is 6.42. The number of hydrogen-bond donors (Lipinski definition) is 1. The molecule has 1 saturated carbocycles. The summed E-state index contributed by atoms with van der Waals surface area (Å²) in [5.41, 5.74) is 2.33. The summed E-state index contributed by atoms with van der Waals surface area (Å²) in [6.45, 7) is 0. The zero-order valence-corrected chi connectivity index (χ0v) is 14.0. The van der Waals surface area contributed by atoms with Gasteiger partial charge in [0.15, 0.2) is 10.4 Å². The fourth-order valence-electron chi connectivity index (χ4n) is 2.62. The number of fused-ring (bicyclic) bond motifs is 1. The van der Waals surface area contributed by atoms with Crippen molar-refractivity contribution in [3.8, 4) is 11.5 Å². The molecule has 1 N–H and O–H groups in total. The van der Waals surface area contributed by atoms with Gasteiger partial charge < -0.3 is 14.3 Å². The number of pyridine rings is 2. The van der Waals surface area contributed by atoms with Crippen molar-refractivity contribution in [2.75, 3.05) is 0 Å². The first-order valence-electron chi connectivity index (χ1n) is 7.80. The van der Waals surface area contributed by atoms with Gasteiger partial charge in [0.25, 0.3) is 0 Å². The molecule has 0 amide bonds. The van der Waals surface area contributed by atoms with Gasteiger partial charge in [-0.25, -0.2) is 4.98 Å². The molecular formula is C17H16N4O2S. The average molecular weight is 340 g/mol. The molecule has 6 nitrogen and oxygen atoms in total. The molecule has 0 aromatic carbocycles. The van der Waals surface area contributed by atoms with E-state index in [-0.39, 0.29) is 11.7 Å². The first-order chi connectivity index (χ1) is 11.6. The highest BCUT2D eigenvalue weighted by Crippen LogP contribution is 2.31. The van der Waals surface area contributed by atoms with Crippen LogP contribution in [0.15, 0.2) is 30.6 Å². The molecular weight excluding hydrogens is 324 g/mol. The van der Waals surface area contributed by atoms with Crippen LogP contribution in [0.25, 0.3) is 11.2 Å². The third-order valence-corrected chi connectivity index (χ3v) is 4.52. The molecule has 0 bridgehead atoms. The minimum Gasteiger partial charge on any atom is -0.456 e. The van der Waals surface area contributed by atoms with E-state index in [1.165, 1.54) is 0 Å². The highest BCUT2D eigenvalue weighted by atomic mass is 32.1. The smallest absolute Gasteiger partial charge is 0.179 e. The third kappa shape index (κ3) is 2.94. The summed E-state index contributed by atoms with van der Waals surface area (Å²) in [5.74, 6) is 1.75. The Kier molecular flexibility index (Phi) is 3.65. The van der Waals surface area contributed by atoms with E-state index in [0.717, 1.165) is 29.7 Å². The lowest BCUT2D eigenvalue weighted by Gasteiger charge is -2.07. The fraction of sp³-hybridized carbons (Fsp3) is 0.294. The minimum absolute atomic E-state index is 0.240. The average Bonchev–Trinajstić information content (AvgIpc) is 3.37. The Bertz CT molecular complexity index is 988. The van der Waals surface area contributed by atoms with Crippen molar-refractivity contribution in [1.29, 1.82) is 0 Å². The second-order valence-electron chi connectivity index (χ2n) is 6.03. The predicted octanol–water partition coefficient (Wildman–Crippen LogP) is 3.34. The summed E-state index contributed by atoms with van der Waals surface area (Å²) in [6, 6.07) is 5.45. The Morgan fingerprint density at radius 3 is 3.00 bits per heavy atom. The zero-order chi connectivity index (χ0) is 16.7. The van der Waals surface area contributed by atoms with Crippen LogP contribution < -0.4 is 4.74 Å². The Hall–Kier alpha value is -2.54. The van der Waals surface area contributed by atoms with Gasteiger partial charge in [-0.3, -0.25) is 9.78 Å². The number of H-pyrrole nitrogens is 1. The molecule has 0 unspecified atom stereocenters. The summed E-state index contributed by atoms with van der Waals surface area (Å²) < 4.78 is 8.33. The molecule has 0 atom stereocenters. The molecule has 0 radical (unpaired) electrons. The van der Waals surface area contributed by atoms with Crippen molar-refractivity contribution in [1.82, 2.24) is 19.5 Å². The normalized spacial score (nSPS) is 14.0. The van der Waals surface area contributed by atoms with E-state index >= 15 is 0 Å². The van der Waals surface area contributed by atoms with Crippen molar-refractivity contribution in [3.05, 3.63) is 41.1 Å². The van der Waals surface area contributed by atoms with Crippen molar-refractivity contribution in [3.63, 3.8) is 0 Å². The summed E-state index contributed by atoms with van der Waals surface area (Å²) in [5, 5.41) is 0. The number of carbonyl (C=O) groups is 1. The van der Waals surface area contributed by atoms with Gasteiger partial charge in [-0.15, -0.1) is 0 Å². The number of carbonyl (C=O) groups excluding carboxylic acids is 1. The maximum atomic E-state index is 11.9. The van der Waals surface area contributed by atoms with Crippen molar-refractivity contribution >= 4 is 29.2 Å². The molecule has 0 saturated heterocycles. The summed E-state index contributed by atoms with van der Waals surface area (Å²) in [4.78, 5) is 23.5. The Morgan fingerprint density at radius 1 is 1.38 bits per heavy atom. The van der Waals surface area contributed by atoms with Crippen LogP contribution in [0, 0.1) is 10.7 Å². The number of ketones is 1. The van der Waals surface area contributed by atoms with Gasteiger partial charge in [0.05, 0.1) is 17.4 Å². The topological polar surface area (TPSA) is 72.8 Å². The molecule has 3 heterocycles. The quantitative estimate of drug-likeness (QED) is 0.721. The molecule has 1 aliphatic rings. The van der Waals surface area contributed by atoms with E-state index in [1.807, 2.05) is 17.7 Å². The molecule has 4 rings (SSSR count). The molecule has 1 aliphatic carbocycles. The van der Waals surface area contributed by atoms with E-state index in [9.17, 15) is 4.79 Å². The number of nitrogens with zero attached hydrogens (tertiary/aromatic N) is 3. The standard InChI is InChI=1S/C17H16N4O2S/c1-21-14-8-13(9-19-16(14)20-17(21)24)23-12-4-5-18-11(6-12)7-15(22)10-2-3-10/h4-6,8-10H,2-3,7H2,1H3,(H,19,20,24). The zero-order valence-electron chi connectivity index (χ0n) is 13.2. The van der Waals surface area contributed by atoms with Crippen LogP contribution in [-0.2, 0) is 18.3 Å². The summed E-state index contributed by atoms with van der Waals surface area (Å²) in [7, 11) is 1.88. The van der Waals surface area contributed by atoms with E-state index < -0.39 is 0 Å². The van der Waals surface area contributed by atoms with Gasteiger partial charge in [-0.05, 0) is 31.1 Å². The first kappa shape index (κ1) is 15.0. The number of Topliss-reactive ketones (excluding diaryl/α,β-unsaturated/α-hetero) is 1. The number of aryl methyl sites for hydroxylation is 1. The molecule has 1 fully saturated rings. The fourth-order valence-corrected chi connectivity index (χ4v) is 2.81. The van der Waals surface area contributed by atoms with Crippen LogP contribution in [0.5, 0.6) is 11.5 Å². The molecule has 0 spiro atoms. The Labute approximate surface area is 143 Å². The highest BCUT2D eigenvalue weighted by molar-refractivity contribution is 7.71. The molecule has 3 aromatic heterocycles. The lowest BCUT2D eigenvalue weighted by molar-refractivity contribution is -0.119. The number of aromatic amines is 1. The van der Waals surface area contributed by atoms with E-state index in [2.05, 4.69) is 15.0 Å². The number of aromatic nitrogens is 4. The first-order valence-corrected chi connectivity index (χ1v) is 8.21. The number of imidazole rings is 1. The van der Waals surface area contributed by atoms with E-state index in [0.29, 0.717) is 22.7 Å². The number of nitrogens with one attached hydrogen (secondary N) is 1. The van der Waals surface area contributed by atoms with Gasteiger partial charge in [0.1, 0.15) is 17.3 Å². The Balaban J connectivity index is 1.57. The third-order valence-electron chi connectivity index (χ3n) is 4.15. The van der Waals surface area contributed by atoms with Crippen LogP contribution in [0.4, 0.5) is 0 Å². The lowest BCUT2D eigenvalue weighted by atomic mass is 10.1. The van der Waals surface area contributed by atoms with Crippen molar-refractivity contribution < 1.29 is 9.53 Å². The van der Waals surface area contributed by atoms with Gasteiger partial charge in [-0.1, -0.05) is 0 Å². The molecule has 0 aliphatic heterocycles. The van der Waals surface area contributed by atoms with Crippen LogP contribution in [0.1, 0.15) is 18.5 Å². The van der Waals surface area contributed by atoms with Crippen LogP contribution in [0.2, 0.25) is 0 Å². The van der Waals surface area contributed by atoms with Crippen LogP contribution in [-0.4, -0.2) is 25.3 Å². The molecule has 7 heteroatoms. The lowest BCUT2D eigenvalue weighted by Crippen LogP contribution is -2.06. The van der Waals surface area contributed by atoms with Crippen molar-refractivity contribution in [2.24, 2.45) is 13.0 Å². The van der Waals surface area contributed by atoms with Crippen LogP contribution >= 0.6 is 12.2 Å². The van der Waals surface area contributed by atoms with Gasteiger partial charge in [-0.2, -0.15) is 0 Å².